The number of aliphatic hydroxyl groups excluding tert-OH is 1. The van der Waals surface area contributed by atoms with Gasteiger partial charge in [0.25, 0.3) is 0 Å². The topological polar surface area (TPSA) is 103 Å². The fourth-order valence-electron chi connectivity index (χ4n) is 4.49. The zero-order valence-electron chi connectivity index (χ0n) is 15.2. The summed E-state index contributed by atoms with van der Waals surface area (Å²) < 4.78 is 2.06. The summed E-state index contributed by atoms with van der Waals surface area (Å²) in [5, 5.41) is 18.5. The molecule has 5 rings (SSSR count). The number of carbonyl (C=O) groups is 1. The van der Waals surface area contributed by atoms with E-state index in [0.717, 1.165) is 29.1 Å². The number of aliphatic hydroxyl groups is 1. The SMILES string of the molecule is CCC1CN(C(=O)N2CCC(O)C2)CC1c1nnc2cnc3[nH]ccc3n12. The van der Waals surface area contributed by atoms with Crippen LogP contribution in [0.25, 0.3) is 16.8 Å². The zero-order chi connectivity index (χ0) is 18.5. The molecule has 3 atom stereocenters. The molecule has 27 heavy (non-hydrogen) atoms. The van der Waals surface area contributed by atoms with Crippen LogP contribution in [0, 0.1) is 5.92 Å². The summed E-state index contributed by atoms with van der Waals surface area (Å²) in [7, 11) is 0. The summed E-state index contributed by atoms with van der Waals surface area (Å²) in [5.74, 6) is 1.35. The molecule has 142 valence electrons. The Morgan fingerprint density at radius 1 is 1.30 bits per heavy atom. The van der Waals surface area contributed by atoms with Crippen molar-refractivity contribution in [3.8, 4) is 0 Å². The molecule has 9 nitrogen and oxygen atoms in total. The molecular formula is C18H23N7O2. The third-order valence-corrected chi connectivity index (χ3v) is 5.97. The highest BCUT2D eigenvalue weighted by Crippen LogP contribution is 2.35. The lowest BCUT2D eigenvalue weighted by Gasteiger charge is -2.24. The number of nitrogens with zero attached hydrogens (tertiary/aromatic N) is 6. The van der Waals surface area contributed by atoms with E-state index in [4.69, 9.17) is 0 Å². The van der Waals surface area contributed by atoms with Gasteiger partial charge in [-0.25, -0.2) is 9.78 Å². The van der Waals surface area contributed by atoms with Gasteiger partial charge in [0, 0.05) is 38.3 Å². The number of β-amino-alcohol motifs (C(OH)–C–C–N with tert-alkyl or cyclic N) is 1. The number of H-pyrrole nitrogens is 1. The van der Waals surface area contributed by atoms with Crippen LogP contribution in [0.4, 0.5) is 4.79 Å². The Hall–Kier alpha value is -2.68. The first-order valence-electron chi connectivity index (χ1n) is 9.54. The van der Waals surface area contributed by atoms with Gasteiger partial charge in [-0.3, -0.25) is 4.40 Å². The van der Waals surface area contributed by atoms with Crippen molar-refractivity contribution in [2.45, 2.75) is 31.8 Å². The summed E-state index contributed by atoms with van der Waals surface area (Å²) >= 11 is 0. The lowest BCUT2D eigenvalue weighted by atomic mass is 9.93. The van der Waals surface area contributed by atoms with E-state index in [-0.39, 0.29) is 11.9 Å². The molecule has 0 spiro atoms. The highest BCUT2D eigenvalue weighted by molar-refractivity contribution is 5.76. The standard InChI is InChI=1S/C18H23N7O2/c1-2-11-8-24(18(27)23-6-4-12(26)9-23)10-13(11)17-22-21-15-7-20-16-14(25(15)17)3-5-19-16/h3,5,7,11-13,19,26H,2,4,6,8-10H2,1H3. The predicted molar refractivity (Wildman–Crippen MR) is 98.3 cm³/mol. The van der Waals surface area contributed by atoms with Crippen molar-refractivity contribution in [2.75, 3.05) is 26.2 Å². The first kappa shape index (κ1) is 16.5. The predicted octanol–water partition coefficient (Wildman–Crippen LogP) is 1.22. The van der Waals surface area contributed by atoms with Gasteiger partial charge in [-0.2, -0.15) is 0 Å². The van der Waals surface area contributed by atoms with Crippen molar-refractivity contribution < 1.29 is 9.90 Å². The van der Waals surface area contributed by atoms with Crippen LogP contribution in [0.1, 0.15) is 31.5 Å². The first-order chi connectivity index (χ1) is 13.2. The largest absolute Gasteiger partial charge is 0.391 e. The lowest BCUT2D eigenvalue weighted by molar-refractivity contribution is 0.152. The molecule has 2 amide bonds. The molecule has 0 bridgehead atoms. The maximum Gasteiger partial charge on any atom is 0.320 e. The van der Waals surface area contributed by atoms with Crippen LogP contribution in [0.3, 0.4) is 0 Å². The fraction of sp³-hybridized carbons (Fsp3) is 0.556. The van der Waals surface area contributed by atoms with Gasteiger partial charge in [-0.15, -0.1) is 10.2 Å². The molecular weight excluding hydrogens is 346 g/mol. The van der Waals surface area contributed by atoms with E-state index in [2.05, 4.69) is 31.5 Å². The van der Waals surface area contributed by atoms with E-state index >= 15 is 0 Å². The number of carbonyl (C=O) groups excluding carboxylic acids is 1. The Balaban J connectivity index is 1.48. The molecule has 3 aromatic rings. The second-order valence-corrected chi connectivity index (χ2v) is 7.57. The molecule has 2 saturated heterocycles. The maximum absolute atomic E-state index is 12.9. The molecule has 5 heterocycles. The summed E-state index contributed by atoms with van der Waals surface area (Å²) in [6.07, 6.45) is 4.81. The van der Waals surface area contributed by atoms with Gasteiger partial charge in [0.15, 0.2) is 11.3 Å². The minimum absolute atomic E-state index is 0.0229. The number of aromatic nitrogens is 5. The number of amides is 2. The maximum atomic E-state index is 12.9. The molecule has 3 aromatic heterocycles. The molecule has 0 radical (unpaired) electrons. The number of nitrogens with one attached hydrogen (secondary N) is 1. The molecule has 2 fully saturated rings. The van der Waals surface area contributed by atoms with Crippen LogP contribution in [-0.4, -0.2) is 77.8 Å². The van der Waals surface area contributed by atoms with Crippen LogP contribution < -0.4 is 0 Å². The van der Waals surface area contributed by atoms with Crippen molar-refractivity contribution in [1.82, 2.24) is 34.4 Å². The summed E-state index contributed by atoms with van der Waals surface area (Å²) in [4.78, 5) is 24.1. The zero-order valence-corrected chi connectivity index (χ0v) is 15.2. The molecule has 3 unspecified atom stereocenters. The van der Waals surface area contributed by atoms with Gasteiger partial charge < -0.3 is 19.9 Å². The number of hydrogen-bond donors (Lipinski definition) is 2. The van der Waals surface area contributed by atoms with E-state index < -0.39 is 6.10 Å². The molecule has 9 heteroatoms. The Bertz CT molecular complexity index is 996. The lowest BCUT2D eigenvalue weighted by Crippen LogP contribution is -2.41. The monoisotopic (exact) mass is 369 g/mol. The average molecular weight is 369 g/mol. The van der Waals surface area contributed by atoms with Gasteiger partial charge in [-0.1, -0.05) is 13.3 Å². The Labute approximate surface area is 156 Å². The van der Waals surface area contributed by atoms with Gasteiger partial charge in [0.1, 0.15) is 5.82 Å². The molecule has 2 aliphatic heterocycles. The molecule has 0 aliphatic carbocycles. The minimum atomic E-state index is -0.399. The van der Waals surface area contributed by atoms with E-state index in [9.17, 15) is 9.90 Å². The van der Waals surface area contributed by atoms with Crippen molar-refractivity contribution in [1.29, 1.82) is 0 Å². The second-order valence-electron chi connectivity index (χ2n) is 7.57. The van der Waals surface area contributed by atoms with E-state index in [1.165, 1.54) is 0 Å². The van der Waals surface area contributed by atoms with Crippen LogP contribution >= 0.6 is 0 Å². The first-order valence-corrected chi connectivity index (χ1v) is 9.54. The van der Waals surface area contributed by atoms with Gasteiger partial charge in [-0.05, 0) is 18.4 Å². The number of rotatable bonds is 2. The Kier molecular flexibility index (Phi) is 3.78. The second kappa shape index (κ2) is 6.19. The summed E-state index contributed by atoms with van der Waals surface area (Å²) in [6, 6.07) is 2.00. The quantitative estimate of drug-likeness (QED) is 0.707. The number of aromatic amines is 1. The average Bonchev–Trinajstić information content (AvgIpc) is 3.43. The van der Waals surface area contributed by atoms with Crippen LogP contribution in [0.5, 0.6) is 0 Å². The minimum Gasteiger partial charge on any atom is -0.391 e. The van der Waals surface area contributed by atoms with Crippen molar-refractivity contribution >= 4 is 22.8 Å². The Morgan fingerprint density at radius 2 is 2.19 bits per heavy atom. The third kappa shape index (κ3) is 2.56. The number of urea groups is 1. The molecule has 2 aliphatic rings. The van der Waals surface area contributed by atoms with Crippen LogP contribution in [-0.2, 0) is 0 Å². The number of hydrogen-bond acceptors (Lipinski definition) is 5. The van der Waals surface area contributed by atoms with Crippen molar-refractivity contribution in [3.63, 3.8) is 0 Å². The fourth-order valence-corrected chi connectivity index (χ4v) is 4.49. The highest BCUT2D eigenvalue weighted by Gasteiger charge is 2.40. The van der Waals surface area contributed by atoms with Gasteiger partial charge in [0.2, 0.25) is 0 Å². The Morgan fingerprint density at radius 3 is 2.96 bits per heavy atom. The highest BCUT2D eigenvalue weighted by atomic mass is 16.3. The van der Waals surface area contributed by atoms with Crippen LogP contribution in [0.2, 0.25) is 0 Å². The number of likely N-dealkylation sites (tertiary alicyclic amines) is 2. The smallest absolute Gasteiger partial charge is 0.320 e. The van der Waals surface area contributed by atoms with Crippen LogP contribution in [0.15, 0.2) is 18.5 Å². The van der Waals surface area contributed by atoms with Crippen molar-refractivity contribution in [2.24, 2.45) is 5.92 Å². The van der Waals surface area contributed by atoms with Crippen molar-refractivity contribution in [3.05, 3.63) is 24.3 Å². The molecule has 2 N–H and O–H groups in total. The molecule has 0 aromatic carbocycles. The summed E-state index contributed by atoms with van der Waals surface area (Å²) in [6.45, 7) is 4.55. The van der Waals surface area contributed by atoms with E-state index in [1.54, 1.807) is 11.1 Å². The van der Waals surface area contributed by atoms with Gasteiger partial charge in [0.05, 0.1) is 17.8 Å². The van der Waals surface area contributed by atoms with E-state index in [0.29, 0.717) is 38.5 Å². The van der Waals surface area contributed by atoms with Gasteiger partial charge >= 0.3 is 6.03 Å². The number of fused-ring (bicyclic) bond motifs is 3. The normalized spacial score (nSPS) is 25.9. The third-order valence-electron chi connectivity index (χ3n) is 5.97. The van der Waals surface area contributed by atoms with E-state index in [1.807, 2.05) is 17.2 Å². The molecule has 0 saturated carbocycles. The summed E-state index contributed by atoms with van der Waals surface area (Å²) in [5.41, 5.74) is 2.47.